The molecule has 0 amide bonds. The van der Waals surface area contributed by atoms with Crippen molar-refractivity contribution >= 4 is 22.7 Å². The van der Waals surface area contributed by atoms with Gasteiger partial charge >= 0.3 is 0 Å². The Balaban J connectivity index is 1.37. The largest absolute Gasteiger partial charge is 0.390 e. The lowest BCUT2D eigenvalue weighted by molar-refractivity contribution is -0.0738. The highest BCUT2D eigenvalue weighted by molar-refractivity contribution is 7.23. The van der Waals surface area contributed by atoms with E-state index in [9.17, 15) is 10.2 Å². The van der Waals surface area contributed by atoms with Crippen LogP contribution in [0.3, 0.4) is 0 Å². The fourth-order valence-corrected chi connectivity index (χ4v) is 7.34. The van der Waals surface area contributed by atoms with Crippen molar-refractivity contribution in [1.29, 1.82) is 0 Å². The van der Waals surface area contributed by atoms with Crippen LogP contribution >= 0.6 is 22.7 Å². The maximum atomic E-state index is 10.9. The normalized spacial score (nSPS) is 28.2. The summed E-state index contributed by atoms with van der Waals surface area (Å²) in [6, 6.07) is 18.5. The minimum atomic E-state index is -1.01. The fourth-order valence-electron chi connectivity index (χ4n) is 5.19. The molecule has 6 rings (SSSR count). The highest BCUT2D eigenvalue weighted by Gasteiger charge is 2.49. The summed E-state index contributed by atoms with van der Waals surface area (Å²) in [5.74, 6) is 0. The Morgan fingerprint density at radius 3 is 2.37 bits per heavy atom. The van der Waals surface area contributed by atoms with Gasteiger partial charge < -0.3 is 20.7 Å². The minimum Gasteiger partial charge on any atom is -0.390 e. The van der Waals surface area contributed by atoms with Gasteiger partial charge in [0.2, 0.25) is 0 Å². The topological polar surface area (TPSA) is 101 Å². The SMILES string of the molecule is CC1(O)CC(N)(c2ccc(-c3nc(-c4cnc(C5(O)CCOC5)s4)sc3-c3ccccc3)cc2)C1. The zero-order valence-electron chi connectivity index (χ0n) is 19.4. The van der Waals surface area contributed by atoms with E-state index in [1.54, 1.807) is 17.5 Å². The van der Waals surface area contributed by atoms with E-state index in [-0.39, 0.29) is 6.61 Å². The number of hydrogen-bond acceptors (Lipinski definition) is 8. The maximum Gasteiger partial charge on any atom is 0.141 e. The number of nitrogens with two attached hydrogens (primary N) is 1. The Bertz CT molecular complexity index is 1350. The Morgan fingerprint density at radius 1 is 0.971 bits per heavy atom. The van der Waals surface area contributed by atoms with Crippen molar-refractivity contribution in [2.45, 2.75) is 42.9 Å². The average Bonchev–Trinajstić information content (AvgIpc) is 3.58. The maximum absolute atomic E-state index is 10.9. The van der Waals surface area contributed by atoms with Crippen molar-refractivity contribution in [3.05, 3.63) is 71.4 Å². The van der Waals surface area contributed by atoms with E-state index in [2.05, 4.69) is 41.4 Å². The summed E-state index contributed by atoms with van der Waals surface area (Å²) >= 11 is 3.11. The molecule has 4 aromatic rings. The predicted molar refractivity (Wildman–Crippen MR) is 139 cm³/mol. The molecule has 180 valence electrons. The van der Waals surface area contributed by atoms with Crippen LogP contribution in [0.5, 0.6) is 0 Å². The molecule has 0 spiro atoms. The van der Waals surface area contributed by atoms with Crippen molar-refractivity contribution in [1.82, 2.24) is 9.97 Å². The van der Waals surface area contributed by atoms with Gasteiger partial charge in [-0.05, 0) is 30.9 Å². The summed E-state index contributed by atoms with van der Waals surface area (Å²) in [5.41, 5.74) is 8.42. The first-order chi connectivity index (χ1) is 16.7. The summed E-state index contributed by atoms with van der Waals surface area (Å²) in [7, 11) is 0. The number of thiazole rings is 2. The van der Waals surface area contributed by atoms with E-state index >= 15 is 0 Å². The van der Waals surface area contributed by atoms with Crippen molar-refractivity contribution in [2.75, 3.05) is 13.2 Å². The quantitative estimate of drug-likeness (QED) is 0.356. The van der Waals surface area contributed by atoms with Crippen molar-refractivity contribution in [3.8, 4) is 31.6 Å². The molecule has 0 radical (unpaired) electrons. The van der Waals surface area contributed by atoms with Crippen LogP contribution in [-0.4, -0.2) is 39.0 Å². The van der Waals surface area contributed by atoms with E-state index in [0.29, 0.717) is 30.9 Å². The number of ether oxygens (including phenoxy) is 1. The lowest BCUT2D eigenvalue weighted by Crippen LogP contribution is -2.58. The highest BCUT2D eigenvalue weighted by Crippen LogP contribution is 2.47. The molecule has 1 atom stereocenters. The first-order valence-corrected chi connectivity index (χ1v) is 13.3. The average molecular weight is 506 g/mol. The van der Waals surface area contributed by atoms with Gasteiger partial charge in [0.25, 0.3) is 0 Å². The zero-order valence-corrected chi connectivity index (χ0v) is 21.0. The smallest absolute Gasteiger partial charge is 0.141 e. The van der Waals surface area contributed by atoms with Gasteiger partial charge in [0.05, 0.1) is 27.7 Å². The van der Waals surface area contributed by atoms with Gasteiger partial charge in [-0.1, -0.05) is 54.6 Å². The molecule has 6 nitrogen and oxygen atoms in total. The monoisotopic (exact) mass is 505 g/mol. The molecule has 2 aliphatic rings. The Kier molecular flexibility index (Phi) is 5.45. The third-order valence-corrected chi connectivity index (χ3v) is 9.37. The zero-order chi connectivity index (χ0) is 24.3. The molecule has 2 fully saturated rings. The van der Waals surface area contributed by atoms with E-state index in [4.69, 9.17) is 15.5 Å². The molecule has 2 aromatic heterocycles. The number of hydrogen-bond donors (Lipinski definition) is 3. The third kappa shape index (κ3) is 4.14. The molecule has 1 aliphatic heterocycles. The molecule has 1 saturated heterocycles. The third-order valence-electron chi connectivity index (χ3n) is 6.90. The number of aromatic nitrogens is 2. The van der Waals surface area contributed by atoms with Crippen LogP contribution in [-0.2, 0) is 15.9 Å². The second kappa shape index (κ2) is 8.30. The van der Waals surface area contributed by atoms with Gasteiger partial charge in [0, 0.05) is 30.3 Å². The molecule has 4 N–H and O–H groups in total. The predicted octanol–water partition coefficient (Wildman–Crippen LogP) is 4.91. The summed E-state index contributed by atoms with van der Waals surface area (Å²) in [4.78, 5) is 11.6. The first kappa shape index (κ1) is 23.0. The fraction of sp³-hybridized carbons (Fsp3) is 0.333. The van der Waals surface area contributed by atoms with E-state index in [1.807, 2.05) is 25.1 Å². The van der Waals surface area contributed by atoms with Crippen LogP contribution < -0.4 is 5.73 Å². The molecular weight excluding hydrogens is 478 g/mol. The second-order valence-electron chi connectivity index (χ2n) is 10.0. The number of rotatable bonds is 5. The van der Waals surface area contributed by atoms with Crippen LogP contribution in [0.4, 0.5) is 0 Å². The molecule has 0 bridgehead atoms. The van der Waals surface area contributed by atoms with Gasteiger partial charge in [-0.25, -0.2) is 9.97 Å². The Morgan fingerprint density at radius 2 is 1.71 bits per heavy atom. The summed E-state index contributed by atoms with van der Waals surface area (Å²) in [6.45, 7) is 2.66. The lowest BCUT2D eigenvalue weighted by Gasteiger charge is -2.49. The summed E-state index contributed by atoms with van der Waals surface area (Å²) in [5, 5.41) is 22.6. The van der Waals surface area contributed by atoms with Crippen LogP contribution in [0, 0.1) is 0 Å². The summed E-state index contributed by atoms with van der Waals surface area (Å²) in [6.07, 6.45) is 3.47. The van der Waals surface area contributed by atoms with Crippen molar-refractivity contribution in [2.24, 2.45) is 5.73 Å². The molecule has 2 aromatic carbocycles. The van der Waals surface area contributed by atoms with Crippen LogP contribution in [0.25, 0.3) is 31.6 Å². The molecule has 3 heterocycles. The standard InChI is InChI=1S/C27H27N3O3S2/c1-25(31)14-26(28,15-25)19-9-7-17(8-10-19)21-22(18-5-3-2-4-6-18)35-23(30-21)20-13-29-24(34-20)27(32)11-12-33-16-27/h2-10,13,31-32H,11-12,14-16,28H2,1H3. The second-order valence-corrected chi connectivity index (χ2v) is 12.0. The minimum absolute atomic E-state index is 0.281. The molecular formula is C27H27N3O3S2. The van der Waals surface area contributed by atoms with Crippen LogP contribution in [0.15, 0.2) is 60.8 Å². The molecule has 1 unspecified atom stereocenters. The number of benzene rings is 2. The highest BCUT2D eigenvalue weighted by atomic mass is 32.1. The molecule has 8 heteroatoms. The Labute approximate surface area is 212 Å². The molecule has 1 saturated carbocycles. The van der Waals surface area contributed by atoms with Gasteiger partial charge in [-0.15, -0.1) is 22.7 Å². The number of aliphatic hydroxyl groups is 2. The first-order valence-electron chi connectivity index (χ1n) is 11.7. The Hall–Kier alpha value is -2.46. The molecule has 35 heavy (non-hydrogen) atoms. The van der Waals surface area contributed by atoms with Crippen molar-refractivity contribution < 1.29 is 14.9 Å². The van der Waals surface area contributed by atoms with Gasteiger partial charge in [-0.2, -0.15) is 0 Å². The van der Waals surface area contributed by atoms with Gasteiger partial charge in [-0.3, -0.25) is 0 Å². The van der Waals surface area contributed by atoms with Gasteiger partial charge in [0.1, 0.15) is 15.6 Å². The van der Waals surface area contributed by atoms with E-state index < -0.39 is 16.7 Å². The molecule has 1 aliphatic carbocycles. The van der Waals surface area contributed by atoms with E-state index in [1.165, 1.54) is 11.3 Å². The van der Waals surface area contributed by atoms with Crippen LogP contribution in [0.2, 0.25) is 0 Å². The lowest BCUT2D eigenvalue weighted by atomic mass is 9.63. The summed E-state index contributed by atoms with van der Waals surface area (Å²) < 4.78 is 5.41. The van der Waals surface area contributed by atoms with Gasteiger partial charge in [0.15, 0.2) is 0 Å². The van der Waals surface area contributed by atoms with Crippen molar-refractivity contribution in [3.63, 3.8) is 0 Å². The van der Waals surface area contributed by atoms with E-state index in [0.717, 1.165) is 37.1 Å². The van der Waals surface area contributed by atoms with Crippen LogP contribution in [0.1, 0.15) is 36.8 Å². The number of nitrogens with zero attached hydrogens (tertiary/aromatic N) is 2.